The molecular formula is C22H27NO4. The summed E-state index contributed by atoms with van der Waals surface area (Å²) in [7, 11) is 3.26. The number of aliphatic hydroxyl groups is 1. The van der Waals surface area contributed by atoms with Crippen LogP contribution < -0.4 is 9.47 Å². The average molecular weight is 369 g/mol. The molecule has 0 amide bonds. The zero-order valence-corrected chi connectivity index (χ0v) is 16.4. The second-order valence-corrected chi connectivity index (χ2v) is 6.84. The monoisotopic (exact) mass is 369 g/mol. The van der Waals surface area contributed by atoms with Crippen LogP contribution in [0.1, 0.15) is 23.8 Å². The Morgan fingerprint density at radius 2 is 1.78 bits per heavy atom. The van der Waals surface area contributed by atoms with Gasteiger partial charge in [-0.25, -0.2) is 0 Å². The van der Waals surface area contributed by atoms with Crippen molar-refractivity contribution in [3.05, 3.63) is 59.4 Å². The predicted molar refractivity (Wildman–Crippen MR) is 106 cm³/mol. The van der Waals surface area contributed by atoms with Crippen molar-refractivity contribution >= 4 is 11.0 Å². The number of hydrogen-bond donors (Lipinski definition) is 1. The Labute approximate surface area is 160 Å². The standard InChI is InChI=1S/C22H27NO4/c1-15(24)12-23(13-17-9-10-21(25-3)22(11-17)26-4)14-19-16(2)27-20-8-6-5-7-18(19)20/h5-11,15,24H,12-14H2,1-4H3/t15-/m1/s1. The van der Waals surface area contributed by atoms with Gasteiger partial charge in [-0.2, -0.15) is 0 Å². The first-order valence-electron chi connectivity index (χ1n) is 9.10. The molecule has 0 aliphatic carbocycles. The quantitative estimate of drug-likeness (QED) is 0.647. The van der Waals surface area contributed by atoms with Crippen LogP contribution in [-0.4, -0.2) is 36.9 Å². The van der Waals surface area contributed by atoms with Gasteiger partial charge in [-0.05, 0) is 37.6 Å². The minimum Gasteiger partial charge on any atom is -0.493 e. The van der Waals surface area contributed by atoms with E-state index in [2.05, 4.69) is 11.0 Å². The van der Waals surface area contributed by atoms with Gasteiger partial charge in [0, 0.05) is 30.6 Å². The van der Waals surface area contributed by atoms with E-state index < -0.39 is 6.10 Å². The Kier molecular flexibility index (Phi) is 6.04. The van der Waals surface area contributed by atoms with Crippen LogP contribution in [0.15, 0.2) is 46.9 Å². The van der Waals surface area contributed by atoms with Gasteiger partial charge < -0.3 is 19.0 Å². The molecule has 5 nitrogen and oxygen atoms in total. The van der Waals surface area contributed by atoms with Crippen molar-refractivity contribution in [2.75, 3.05) is 20.8 Å². The fraction of sp³-hybridized carbons (Fsp3) is 0.364. The topological polar surface area (TPSA) is 55.1 Å². The van der Waals surface area contributed by atoms with E-state index in [4.69, 9.17) is 13.9 Å². The summed E-state index contributed by atoms with van der Waals surface area (Å²) in [6, 6.07) is 14.0. The predicted octanol–water partition coefficient (Wildman–Crippen LogP) is 4.14. The number of methoxy groups -OCH3 is 2. The molecule has 0 saturated heterocycles. The Balaban J connectivity index is 1.87. The van der Waals surface area contributed by atoms with E-state index in [1.807, 2.05) is 50.2 Å². The van der Waals surface area contributed by atoms with Gasteiger partial charge in [0.05, 0.1) is 20.3 Å². The SMILES string of the molecule is COc1ccc(CN(Cc2c(C)oc3ccccc23)C[C@@H](C)O)cc1OC. The number of aliphatic hydroxyl groups excluding tert-OH is 1. The molecule has 5 heteroatoms. The Hall–Kier alpha value is -2.50. The van der Waals surface area contributed by atoms with Crippen molar-refractivity contribution in [2.45, 2.75) is 33.0 Å². The van der Waals surface area contributed by atoms with Crippen LogP contribution in [0.3, 0.4) is 0 Å². The molecule has 27 heavy (non-hydrogen) atoms. The van der Waals surface area contributed by atoms with Crippen molar-refractivity contribution < 1.29 is 19.0 Å². The Morgan fingerprint density at radius 3 is 2.48 bits per heavy atom. The minimum atomic E-state index is -0.427. The lowest BCUT2D eigenvalue weighted by molar-refractivity contribution is 0.118. The first-order chi connectivity index (χ1) is 13.0. The molecule has 0 fully saturated rings. The number of hydrogen-bond acceptors (Lipinski definition) is 5. The first kappa shape index (κ1) is 19.3. The second-order valence-electron chi connectivity index (χ2n) is 6.84. The average Bonchev–Trinajstić information content (AvgIpc) is 2.96. The van der Waals surface area contributed by atoms with Crippen LogP contribution in [0.4, 0.5) is 0 Å². The summed E-state index contributed by atoms with van der Waals surface area (Å²) in [5.41, 5.74) is 3.15. The molecule has 0 aliphatic rings. The van der Waals surface area contributed by atoms with E-state index in [1.165, 1.54) is 0 Å². The zero-order chi connectivity index (χ0) is 19.4. The molecule has 1 aromatic heterocycles. The number of para-hydroxylation sites is 1. The molecule has 0 spiro atoms. The van der Waals surface area contributed by atoms with E-state index in [1.54, 1.807) is 14.2 Å². The van der Waals surface area contributed by atoms with Crippen molar-refractivity contribution in [2.24, 2.45) is 0 Å². The van der Waals surface area contributed by atoms with Crippen molar-refractivity contribution in [1.29, 1.82) is 0 Å². The largest absolute Gasteiger partial charge is 0.493 e. The maximum Gasteiger partial charge on any atom is 0.161 e. The van der Waals surface area contributed by atoms with Gasteiger partial charge in [-0.1, -0.05) is 24.3 Å². The third-order valence-corrected chi connectivity index (χ3v) is 4.66. The highest BCUT2D eigenvalue weighted by Gasteiger charge is 2.17. The van der Waals surface area contributed by atoms with Gasteiger partial charge in [0.2, 0.25) is 0 Å². The highest BCUT2D eigenvalue weighted by atomic mass is 16.5. The van der Waals surface area contributed by atoms with Crippen LogP contribution in [0, 0.1) is 6.92 Å². The third kappa shape index (κ3) is 4.43. The van der Waals surface area contributed by atoms with Crippen molar-refractivity contribution in [3.63, 3.8) is 0 Å². The fourth-order valence-electron chi connectivity index (χ4n) is 3.44. The molecule has 0 bridgehead atoms. The maximum atomic E-state index is 9.99. The summed E-state index contributed by atoms with van der Waals surface area (Å²) in [6.07, 6.45) is -0.427. The summed E-state index contributed by atoms with van der Waals surface area (Å²) >= 11 is 0. The highest BCUT2D eigenvalue weighted by Crippen LogP contribution is 2.30. The van der Waals surface area contributed by atoms with E-state index in [0.717, 1.165) is 27.9 Å². The van der Waals surface area contributed by atoms with Gasteiger partial charge >= 0.3 is 0 Å². The van der Waals surface area contributed by atoms with E-state index in [-0.39, 0.29) is 0 Å². The number of aryl methyl sites for hydroxylation is 1. The number of benzene rings is 2. The molecule has 1 heterocycles. The molecule has 1 atom stereocenters. The van der Waals surface area contributed by atoms with E-state index >= 15 is 0 Å². The number of fused-ring (bicyclic) bond motifs is 1. The van der Waals surface area contributed by atoms with Crippen LogP contribution in [0.2, 0.25) is 0 Å². The second kappa shape index (κ2) is 8.46. The lowest BCUT2D eigenvalue weighted by Crippen LogP contribution is -2.30. The Bertz CT molecular complexity index is 900. The molecular weight excluding hydrogens is 342 g/mol. The van der Waals surface area contributed by atoms with E-state index in [9.17, 15) is 5.11 Å². The van der Waals surface area contributed by atoms with Crippen molar-refractivity contribution in [3.8, 4) is 11.5 Å². The molecule has 0 unspecified atom stereocenters. The summed E-state index contributed by atoms with van der Waals surface area (Å²) in [5, 5.41) is 11.1. The molecule has 0 saturated carbocycles. The molecule has 2 aromatic carbocycles. The van der Waals surface area contributed by atoms with Crippen LogP contribution in [0.25, 0.3) is 11.0 Å². The summed E-state index contributed by atoms with van der Waals surface area (Å²) in [6.45, 7) is 5.74. The highest BCUT2D eigenvalue weighted by molar-refractivity contribution is 5.82. The molecule has 144 valence electrons. The summed E-state index contributed by atoms with van der Waals surface area (Å²) in [5.74, 6) is 2.33. The first-order valence-corrected chi connectivity index (χ1v) is 9.10. The van der Waals surface area contributed by atoms with Gasteiger partial charge in [0.25, 0.3) is 0 Å². The lowest BCUT2D eigenvalue weighted by atomic mass is 10.1. The molecule has 3 aromatic rings. The Morgan fingerprint density at radius 1 is 1.04 bits per heavy atom. The van der Waals surface area contributed by atoms with Crippen molar-refractivity contribution in [1.82, 2.24) is 4.90 Å². The molecule has 3 rings (SSSR count). The number of rotatable bonds is 8. The third-order valence-electron chi connectivity index (χ3n) is 4.66. The molecule has 0 aliphatic heterocycles. The fourth-order valence-corrected chi connectivity index (χ4v) is 3.44. The number of ether oxygens (including phenoxy) is 2. The number of nitrogens with zero attached hydrogens (tertiary/aromatic N) is 1. The van der Waals surface area contributed by atoms with Gasteiger partial charge in [-0.15, -0.1) is 0 Å². The normalized spacial score (nSPS) is 12.5. The minimum absolute atomic E-state index is 0.427. The number of furan rings is 1. The van der Waals surface area contributed by atoms with Gasteiger partial charge in [0.15, 0.2) is 11.5 Å². The van der Waals surface area contributed by atoms with Crippen LogP contribution in [-0.2, 0) is 13.1 Å². The maximum absolute atomic E-state index is 9.99. The van der Waals surface area contributed by atoms with Crippen LogP contribution in [0.5, 0.6) is 11.5 Å². The van der Waals surface area contributed by atoms with Crippen LogP contribution >= 0.6 is 0 Å². The molecule has 1 N–H and O–H groups in total. The lowest BCUT2D eigenvalue weighted by Gasteiger charge is -2.24. The van der Waals surface area contributed by atoms with Gasteiger partial charge in [0.1, 0.15) is 11.3 Å². The van der Waals surface area contributed by atoms with Gasteiger partial charge in [-0.3, -0.25) is 4.90 Å². The summed E-state index contributed by atoms with van der Waals surface area (Å²) in [4.78, 5) is 2.22. The zero-order valence-electron chi connectivity index (χ0n) is 16.4. The smallest absolute Gasteiger partial charge is 0.161 e. The summed E-state index contributed by atoms with van der Waals surface area (Å²) < 4.78 is 16.6. The molecule has 0 radical (unpaired) electrons. The van der Waals surface area contributed by atoms with E-state index in [0.29, 0.717) is 31.1 Å².